The molecule has 2 heterocycles. The molecule has 0 saturated carbocycles. The second-order valence-corrected chi connectivity index (χ2v) is 16.5. The number of azo groups is 1. The number of aromatic nitrogens is 5. The van der Waals surface area contributed by atoms with Gasteiger partial charge in [0.15, 0.2) is 16.4 Å². The standard InChI is InChI=1S/C30H22Cl3N11O10S3.3Na/c1-34-28-40-29(36-15-6-4-5-14(11-15)35-26-22(31)25(32)38-27(33)39-26)42-30(41-28)37-18-12-16(55(46,47)48)9-13-10-20(57(52,53)54)23(24(45)21(13)18)44-43-17-7-2-3-8-19(17)56(49,50)51;;;/h2-12,45H,1H3,(H,35,38,39)(H,46,47,48)(H,49,50,51)(H,52,53,54)(H3,34,36,37,40,41,42);;;. The zero-order chi connectivity index (χ0) is 41.4. The Kier molecular flexibility index (Phi) is 17.9. The summed E-state index contributed by atoms with van der Waals surface area (Å²) in [6.07, 6.45) is 0. The summed E-state index contributed by atoms with van der Waals surface area (Å²) in [4.78, 5) is 29.6. The maximum Gasteiger partial charge on any atom is 0.296 e. The summed E-state index contributed by atoms with van der Waals surface area (Å²) >= 11 is 18.2. The fourth-order valence-corrected chi connectivity index (χ4v) is 7.33. The number of nitrogens with zero attached hydrogens (tertiary/aromatic N) is 7. The Morgan fingerprint density at radius 3 is 1.85 bits per heavy atom. The number of halogens is 3. The first kappa shape index (κ1) is 51.8. The molecule has 3 radical (unpaired) electrons. The smallest absolute Gasteiger partial charge is 0.296 e. The first-order valence-electron chi connectivity index (χ1n) is 15.2. The molecule has 0 bridgehead atoms. The van der Waals surface area contributed by atoms with E-state index in [1.54, 1.807) is 24.3 Å². The van der Waals surface area contributed by atoms with E-state index in [0.717, 1.165) is 24.3 Å². The van der Waals surface area contributed by atoms with Gasteiger partial charge in [0.25, 0.3) is 30.4 Å². The number of aromatic amines is 4. The van der Waals surface area contributed by atoms with Crippen LogP contribution in [-0.2, 0) is 30.4 Å². The SMILES string of the molecule is CN=c1[nH]c(=Nc2cccc(N=c3[nH]c(Cl)nc(Cl)c3Cl)c2)[nH]c(=Nc2cc(S(=O)(=O)O)cc3cc(S(=O)(=O)O)c(N=Nc4ccccc4S(=O)(=O)O)c(O)c23)[nH]1.[Na].[Na].[Na]. The second kappa shape index (κ2) is 20.7. The van der Waals surface area contributed by atoms with Crippen LogP contribution in [0.25, 0.3) is 10.8 Å². The monoisotopic (exact) mass is 966 g/mol. The van der Waals surface area contributed by atoms with Crippen molar-refractivity contribution < 1.29 is 44.0 Å². The molecule has 0 unspecified atom stereocenters. The van der Waals surface area contributed by atoms with Crippen LogP contribution in [0.15, 0.2) is 112 Å². The molecule has 0 atom stereocenters. The molecule has 8 N–H and O–H groups in total. The van der Waals surface area contributed by atoms with Crippen LogP contribution in [-0.4, -0.2) is 165 Å². The van der Waals surface area contributed by atoms with Crippen LogP contribution in [0.5, 0.6) is 5.75 Å². The van der Waals surface area contributed by atoms with Crippen LogP contribution in [0, 0.1) is 0 Å². The first-order chi connectivity index (χ1) is 26.7. The summed E-state index contributed by atoms with van der Waals surface area (Å²) in [6, 6.07) is 13.3. The van der Waals surface area contributed by atoms with Crippen molar-refractivity contribution in [1.82, 2.24) is 24.9 Å². The Bertz CT molecular complexity index is 3330. The van der Waals surface area contributed by atoms with Gasteiger partial charge in [-0.25, -0.2) is 20.0 Å². The van der Waals surface area contributed by atoms with Crippen molar-refractivity contribution in [2.45, 2.75) is 14.7 Å². The van der Waals surface area contributed by atoms with E-state index in [2.05, 4.69) is 55.1 Å². The van der Waals surface area contributed by atoms with Crippen molar-refractivity contribution >= 4 is 193 Å². The van der Waals surface area contributed by atoms with Gasteiger partial charge in [-0.2, -0.15) is 25.3 Å². The maximum absolute atomic E-state index is 12.5. The van der Waals surface area contributed by atoms with E-state index in [-0.39, 0.29) is 126 Å². The number of hydrogen-bond acceptors (Lipinski definition) is 14. The molecule has 0 aliphatic rings. The Balaban J connectivity index is 0.00000320. The third-order valence-electron chi connectivity index (χ3n) is 7.36. The van der Waals surface area contributed by atoms with E-state index in [1.807, 2.05) is 0 Å². The van der Waals surface area contributed by atoms with E-state index in [4.69, 9.17) is 34.8 Å². The molecule has 299 valence electrons. The second-order valence-electron chi connectivity index (χ2n) is 11.2. The minimum atomic E-state index is -5.28. The number of nitrogens with one attached hydrogen (secondary N) is 4. The van der Waals surface area contributed by atoms with Gasteiger partial charge in [0, 0.05) is 95.7 Å². The van der Waals surface area contributed by atoms with Gasteiger partial charge in [-0.05, 0) is 65.5 Å². The number of phenolic OH excluding ortho intramolecular Hbond substituents is 1. The fourth-order valence-electron chi connectivity index (χ4n) is 4.99. The summed E-state index contributed by atoms with van der Waals surface area (Å²) in [6.45, 7) is 0. The van der Waals surface area contributed by atoms with Crippen molar-refractivity contribution in [2.24, 2.45) is 30.2 Å². The Hall–Kier alpha value is -2.57. The predicted molar refractivity (Wildman–Crippen MR) is 220 cm³/mol. The number of aromatic hydroxyl groups is 1. The number of phenols is 1. The summed E-state index contributed by atoms with van der Waals surface area (Å²) in [7, 11) is -13.8. The average Bonchev–Trinajstić information content (AvgIpc) is 3.12. The number of rotatable bonds is 8. The van der Waals surface area contributed by atoms with E-state index in [1.165, 1.54) is 19.2 Å². The quantitative estimate of drug-likeness (QED) is 0.0359. The molecule has 6 rings (SSSR count). The van der Waals surface area contributed by atoms with Gasteiger partial charge in [0.2, 0.25) is 22.1 Å². The molecule has 0 spiro atoms. The van der Waals surface area contributed by atoms with Crippen LogP contribution in [0.4, 0.5) is 28.4 Å². The molecule has 0 aliphatic heterocycles. The van der Waals surface area contributed by atoms with Crippen molar-refractivity contribution in [3.63, 3.8) is 0 Å². The van der Waals surface area contributed by atoms with Gasteiger partial charge in [0.05, 0.1) is 27.3 Å². The molecule has 60 heavy (non-hydrogen) atoms. The summed E-state index contributed by atoms with van der Waals surface area (Å²) in [5.41, 5.74) is -1.28. The van der Waals surface area contributed by atoms with Crippen LogP contribution in [0.2, 0.25) is 15.5 Å². The molecule has 6 aromatic rings. The predicted octanol–water partition coefficient (Wildman–Crippen LogP) is 3.45. The molecular formula is C30H22Cl3N11Na3O10S3. The van der Waals surface area contributed by atoms with Crippen molar-refractivity contribution in [1.29, 1.82) is 0 Å². The normalized spacial score (nSPS) is 13.3. The minimum Gasteiger partial charge on any atom is -0.505 e. The van der Waals surface area contributed by atoms with E-state index >= 15 is 0 Å². The molecule has 4 aromatic carbocycles. The number of benzene rings is 4. The van der Waals surface area contributed by atoms with Crippen molar-refractivity contribution in [3.05, 3.63) is 105 Å². The molecule has 0 aliphatic carbocycles. The third-order valence-corrected chi connectivity index (χ3v) is 10.9. The summed E-state index contributed by atoms with van der Waals surface area (Å²) in [5, 5.41) is 18.0. The van der Waals surface area contributed by atoms with Gasteiger partial charge < -0.3 is 10.1 Å². The van der Waals surface area contributed by atoms with E-state index < -0.39 is 78.6 Å². The molecular weight excluding hydrogens is 946 g/mol. The van der Waals surface area contributed by atoms with Crippen LogP contribution in [0.1, 0.15) is 0 Å². The maximum atomic E-state index is 12.5. The number of hydrogen-bond donors (Lipinski definition) is 8. The molecule has 2 aromatic heterocycles. The van der Waals surface area contributed by atoms with Crippen molar-refractivity contribution in [3.8, 4) is 5.75 Å². The van der Waals surface area contributed by atoms with Gasteiger partial charge in [-0.3, -0.25) is 33.6 Å². The van der Waals surface area contributed by atoms with E-state index in [9.17, 15) is 44.0 Å². The van der Waals surface area contributed by atoms with Gasteiger partial charge >= 0.3 is 0 Å². The average molecular weight is 968 g/mol. The first-order valence-corrected chi connectivity index (χ1v) is 20.6. The Labute approximate surface area is 419 Å². The third kappa shape index (κ3) is 12.3. The number of H-pyrrole nitrogens is 4. The Morgan fingerprint density at radius 2 is 1.23 bits per heavy atom. The fraction of sp³-hybridized carbons (Fsp3) is 0.0333. The summed E-state index contributed by atoms with van der Waals surface area (Å²) in [5.74, 6) is -1.05. The topological polar surface area (TPSA) is 334 Å². The zero-order valence-electron chi connectivity index (χ0n) is 31.1. The molecule has 0 fully saturated rings. The van der Waals surface area contributed by atoms with Crippen LogP contribution >= 0.6 is 34.8 Å². The van der Waals surface area contributed by atoms with Crippen molar-refractivity contribution in [2.75, 3.05) is 7.05 Å². The zero-order valence-corrected chi connectivity index (χ0v) is 41.8. The minimum absolute atomic E-state index is 0. The van der Waals surface area contributed by atoms with Crippen LogP contribution < -0.4 is 22.3 Å². The summed E-state index contributed by atoms with van der Waals surface area (Å²) < 4.78 is 103. The van der Waals surface area contributed by atoms with Gasteiger partial charge in [-0.15, -0.1) is 10.2 Å². The molecule has 0 saturated heterocycles. The van der Waals surface area contributed by atoms with Gasteiger partial charge in [0.1, 0.15) is 26.2 Å². The van der Waals surface area contributed by atoms with E-state index in [0.29, 0.717) is 17.4 Å². The molecule has 30 heteroatoms. The number of fused-ring (bicyclic) bond motifs is 1. The Morgan fingerprint density at radius 1 is 0.633 bits per heavy atom. The van der Waals surface area contributed by atoms with Crippen LogP contribution in [0.3, 0.4) is 0 Å². The largest absolute Gasteiger partial charge is 0.505 e. The van der Waals surface area contributed by atoms with Gasteiger partial charge in [-0.1, -0.05) is 41.4 Å². The molecule has 0 amide bonds. The molecule has 21 nitrogen and oxygen atoms in total.